The number of fused-ring (bicyclic) bond motifs is 2. The van der Waals surface area contributed by atoms with E-state index in [4.69, 9.17) is 15.2 Å². The van der Waals surface area contributed by atoms with Gasteiger partial charge in [-0.2, -0.15) is 13.2 Å². The highest BCUT2D eigenvalue weighted by atomic mass is 19.4. The average molecular weight is 486 g/mol. The highest BCUT2D eigenvalue weighted by molar-refractivity contribution is 5.82. The summed E-state index contributed by atoms with van der Waals surface area (Å²) in [6.45, 7) is 1.35. The lowest BCUT2D eigenvalue weighted by Crippen LogP contribution is -2.38. The van der Waals surface area contributed by atoms with E-state index in [0.717, 1.165) is 5.39 Å². The van der Waals surface area contributed by atoms with Gasteiger partial charge in [-0.15, -0.1) is 10.2 Å². The summed E-state index contributed by atoms with van der Waals surface area (Å²) >= 11 is 0. The molecule has 4 aromatic rings. The van der Waals surface area contributed by atoms with Gasteiger partial charge in [0, 0.05) is 43.9 Å². The van der Waals surface area contributed by atoms with Crippen molar-refractivity contribution in [3.8, 4) is 17.3 Å². The van der Waals surface area contributed by atoms with Crippen LogP contribution in [-0.2, 0) is 4.74 Å². The summed E-state index contributed by atoms with van der Waals surface area (Å²) in [5.41, 5.74) is 7.59. The van der Waals surface area contributed by atoms with Crippen molar-refractivity contribution in [2.45, 2.75) is 24.7 Å². The number of nitrogens with two attached hydrogens (primary N) is 1. The Kier molecular flexibility index (Phi) is 6.30. The molecule has 1 aliphatic rings. The average Bonchev–Trinajstić information content (AvgIpc) is 3.44. The number of alkyl halides is 3. The minimum atomic E-state index is -4.45. The van der Waals surface area contributed by atoms with Crippen LogP contribution in [0.15, 0.2) is 48.7 Å². The third kappa shape index (κ3) is 4.79. The summed E-state index contributed by atoms with van der Waals surface area (Å²) in [7, 11) is 1.60. The maximum Gasteiger partial charge on any atom is 0.408 e. The van der Waals surface area contributed by atoms with Crippen LogP contribution in [-0.4, -0.2) is 70.1 Å². The van der Waals surface area contributed by atoms with E-state index in [1.807, 2.05) is 18.2 Å². The minimum absolute atomic E-state index is 0.106. The molecule has 3 aromatic heterocycles. The molecule has 8 nitrogen and oxygen atoms in total. The van der Waals surface area contributed by atoms with Crippen molar-refractivity contribution in [2.75, 3.05) is 33.4 Å². The Balaban J connectivity index is 1.52. The number of nitrogens with zero attached hydrogens (tertiary/aromatic N) is 5. The first kappa shape index (κ1) is 23.5. The fourth-order valence-electron chi connectivity index (χ4n) is 4.45. The van der Waals surface area contributed by atoms with Gasteiger partial charge in [0.1, 0.15) is 24.1 Å². The van der Waals surface area contributed by atoms with Crippen LogP contribution in [0.25, 0.3) is 28.1 Å². The van der Waals surface area contributed by atoms with E-state index in [1.165, 1.54) is 17.2 Å². The van der Waals surface area contributed by atoms with E-state index in [1.54, 1.807) is 29.7 Å². The monoisotopic (exact) mass is 486 g/mol. The van der Waals surface area contributed by atoms with Crippen molar-refractivity contribution in [1.29, 1.82) is 0 Å². The predicted octanol–water partition coefficient (Wildman–Crippen LogP) is 3.61. The second kappa shape index (κ2) is 9.40. The Bertz CT molecular complexity index is 1340. The zero-order valence-electron chi connectivity index (χ0n) is 19.1. The number of pyridine rings is 2. The zero-order chi connectivity index (χ0) is 24.6. The first-order valence-electron chi connectivity index (χ1n) is 11.3. The molecule has 1 aromatic carbocycles. The Morgan fingerprint density at radius 1 is 1.11 bits per heavy atom. The van der Waals surface area contributed by atoms with Gasteiger partial charge in [0.25, 0.3) is 0 Å². The van der Waals surface area contributed by atoms with Gasteiger partial charge in [-0.25, -0.2) is 4.98 Å². The highest BCUT2D eigenvalue weighted by Crippen LogP contribution is 2.39. The summed E-state index contributed by atoms with van der Waals surface area (Å²) in [5, 5.41) is 9.24. The van der Waals surface area contributed by atoms with Gasteiger partial charge in [0.05, 0.1) is 12.1 Å². The Labute approximate surface area is 199 Å². The maximum absolute atomic E-state index is 14.1. The molecular formula is C24H25F3N6O2. The molecule has 1 aliphatic heterocycles. The third-order valence-electron chi connectivity index (χ3n) is 6.12. The van der Waals surface area contributed by atoms with Crippen molar-refractivity contribution < 1.29 is 22.6 Å². The van der Waals surface area contributed by atoms with Gasteiger partial charge in [-0.05, 0) is 36.2 Å². The van der Waals surface area contributed by atoms with Crippen LogP contribution in [0, 0.1) is 0 Å². The number of hydrogen-bond donors (Lipinski definition) is 1. The molecule has 0 saturated carbocycles. The summed E-state index contributed by atoms with van der Waals surface area (Å²) in [4.78, 5) is 6.07. The van der Waals surface area contributed by atoms with Crippen LogP contribution in [0.4, 0.5) is 13.2 Å². The summed E-state index contributed by atoms with van der Waals surface area (Å²) < 4.78 is 54.5. The summed E-state index contributed by atoms with van der Waals surface area (Å²) in [6, 6.07) is 10.2. The molecule has 0 radical (unpaired) electrons. The van der Waals surface area contributed by atoms with Crippen LogP contribution in [0.5, 0.6) is 5.75 Å². The van der Waals surface area contributed by atoms with E-state index in [0.29, 0.717) is 54.6 Å². The lowest BCUT2D eigenvalue weighted by atomic mass is 10.1. The molecule has 184 valence electrons. The van der Waals surface area contributed by atoms with Gasteiger partial charge in [0.15, 0.2) is 11.5 Å². The fourth-order valence-corrected chi connectivity index (χ4v) is 4.45. The molecule has 0 bridgehead atoms. The number of benzene rings is 1. The number of ether oxygens (including phenoxy) is 2. The molecule has 4 heterocycles. The second-order valence-electron chi connectivity index (χ2n) is 8.59. The van der Waals surface area contributed by atoms with Crippen LogP contribution < -0.4 is 10.5 Å². The van der Waals surface area contributed by atoms with Crippen LogP contribution >= 0.6 is 0 Å². The predicted molar refractivity (Wildman–Crippen MR) is 124 cm³/mol. The van der Waals surface area contributed by atoms with E-state index in [-0.39, 0.29) is 18.2 Å². The quantitative estimate of drug-likeness (QED) is 0.399. The van der Waals surface area contributed by atoms with Gasteiger partial charge < -0.3 is 15.2 Å². The van der Waals surface area contributed by atoms with Crippen molar-refractivity contribution in [3.05, 3.63) is 54.2 Å². The molecule has 11 heteroatoms. The minimum Gasteiger partial charge on any atom is -0.491 e. The second-order valence-corrected chi connectivity index (χ2v) is 8.59. The molecule has 2 N–H and O–H groups in total. The van der Waals surface area contributed by atoms with Gasteiger partial charge in [-0.3, -0.25) is 9.30 Å². The van der Waals surface area contributed by atoms with Crippen molar-refractivity contribution in [3.63, 3.8) is 0 Å². The van der Waals surface area contributed by atoms with Gasteiger partial charge >= 0.3 is 6.18 Å². The molecule has 5 rings (SSSR count). The Hall–Kier alpha value is -3.28. The molecular weight excluding hydrogens is 461 g/mol. The molecule has 35 heavy (non-hydrogen) atoms. The molecule has 1 saturated heterocycles. The van der Waals surface area contributed by atoms with E-state index in [9.17, 15) is 13.2 Å². The van der Waals surface area contributed by atoms with Crippen molar-refractivity contribution in [2.24, 2.45) is 5.73 Å². The number of likely N-dealkylation sites (tertiary alicyclic amines) is 1. The Morgan fingerprint density at radius 2 is 1.94 bits per heavy atom. The molecule has 0 aliphatic carbocycles. The Morgan fingerprint density at radius 3 is 2.69 bits per heavy atom. The highest BCUT2D eigenvalue weighted by Gasteiger charge is 2.46. The topological polar surface area (TPSA) is 90.8 Å². The lowest BCUT2D eigenvalue weighted by Gasteiger charge is -2.30. The maximum atomic E-state index is 14.1. The van der Waals surface area contributed by atoms with Crippen molar-refractivity contribution >= 4 is 16.6 Å². The van der Waals surface area contributed by atoms with Gasteiger partial charge in [0.2, 0.25) is 0 Å². The fraction of sp³-hybridized carbons (Fsp3) is 0.375. The number of halogens is 3. The summed E-state index contributed by atoms with van der Waals surface area (Å²) in [6.07, 6.45) is -2.47. The molecule has 2 atom stereocenters. The molecule has 1 fully saturated rings. The van der Waals surface area contributed by atoms with Crippen LogP contribution in [0.3, 0.4) is 0 Å². The van der Waals surface area contributed by atoms with E-state index >= 15 is 0 Å². The standard InChI is InChI=1S/C24H25F3N6O2/c1-34-10-11-35-18-5-2-15-3-6-19(29-20(15)12-18)23-31-30-21-7-4-16(13-33(21)23)22(24(25,26)27)32-9-8-17(28)14-32/h2-7,12-13,17,22H,8-11,14,28H2,1H3/t17?,22-/m1/s1. The zero-order valence-corrected chi connectivity index (χ0v) is 19.1. The van der Waals surface area contributed by atoms with Gasteiger partial charge in [-0.1, -0.05) is 12.1 Å². The van der Waals surface area contributed by atoms with Crippen LogP contribution in [0.2, 0.25) is 0 Å². The smallest absolute Gasteiger partial charge is 0.408 e. The number of rotatable bonds is 7. The molecule has 1 unspecified atom stereocenters. The SMILES string of the molecule is COCCOc1ccc2ccc(-c3nnc4ccc([C@@H](N5CCC(N)C5)C(F)(F)F)cn34)nc2c1. The first-order valence-corrected chi connectivity index (χ1v) is 11.3. The summed E-state index contributed by atoms with van der Waals surface area (Å²) in [5.74, 6) is 0.998. The number of methoxy groups -OCH3 is 1. The molecule has 0 spiro atoms. The van der Waals surface area contributed by atoms with E-state index in [2.05, 4.69) is 15.2 Å². The number of hydrogen-bond acceptors (Lipinski definition) is 7. The van der Waals surface area contributed by atoms with Crippen molar-refractivity contribution in [1.82, 2.24) is 24.5 Å². The van der Waals surface area contributed by atoms with Crippen LogP contribution in [0.1, 0.15) is 18.0 Å². The largest absolute Gasteiger partial charge is 0.491 e. The first-order chi connectivity index (χ1) is 16.8. The third-order valence-corrected chi connectivity index (χ3v) is 6.12. The lowest BCUT2D eigenvalue weighted by molar-refractivity contribution is -0.183. The molecule has 0 amide bonds. The number of aromatic nitrogens is 4. The normalized spacial score (nSPS) is 17.9. The van der Waals surface area contributed by atoms with E-state index < -0.39 is 12.2 Å².